The SMILES string of the molecule is CCOC(=O)C1=C(C)N=C2SC3(C(=O)N2C1c1cccc(C)c1)C(O)CSC3c1ccccc1. The molecule has 2 aromatic carbocycles. The number of benzene rings is 2. The molecule has 4 unspecified atom stereocenters. The van der Waals surface area contributed by atoms with Crippen molar-refractivity contribution in [3.05, 3.63) is 82.6 Å². The van der Waals surface area contributed by atoms with Crippen LogP contribution in [0.2, 0.25) is 0 Å². The van der Waals surface area contributed by atoms with E-state index in [-0.39, 0.29) is 17.8 Å². The van der Waals surface area contributed by atoms with E-state index < -0.39 is 22.9 Å². The molecule has 6 nitrogen and oxygen atoms in total. The van der Waals surface area contributed by atoms with E-state index in [2.05, 4.69) is 0 Å². The molecule has 1 N–H and O–H groups in total. The van der Waals surface area contributed by atoms with Crippen LogP contribution in [-0.2, 0) is 14.3 Å². The number of aliphatic hydroxyl groups excluding tert-OH is 1. The van der Waals surface area contributed by atoms with E-state index >= 15 is 0 Å². The van der Waals surface area contributed by atoms with Crippen molar-refractivity contribution < 1.29 is 19.4 Å². The van der Waals surface area contributed by atoms with Gasteiger partial charge >= 0.3 is 5.97 Å². The monoisotopic (exact) mass is 494 g/mol. The van der Waals surface area contributed by atoms with E-state index in [1.165, 1.54) is 11.8 Å². The molecule has 8 heteroatoms. The first-order chi connectivity index (χ1) is 16.4. The summed E-state index contributed by atoms with van der Waals surface area (Å²) in [6.07, 6.45) is -0.849. The highest BCUT2D eigenvalue weighted by Crippen LogP contribution is 2.61. The van der Waals surface area contributed by atoms with Gasteiger partial charge in [0.25, 0.3) is 0 Å². The molecule has 5 rings (SSSR count). The van der Waals surface area contributed by atoms with Crippen LogP contribution < -0.4 is 0 Å². The summed E-state index contributed by atoms with van der Waals surface area (Å²) in [5, 5.41) is 11.5. The molecule has 2 saturated heterocycles. The number of amides is 1. The zero-order chi connectivity index (χ0) is 24.0. The molecule has 34 heavy (non-hydrogen) atoms. The average molecular weight is 495 g/mol. The van der Waals surface area contributed by atoms with E-state index in [0.29, 0.717) is 22.2 Å². The van der Waals surface area contributed by atoms with Gasteiger partial charge in [-0.15, -0.1) is 11.8 Å². The minimum atomic E-state index is -1.11. The Morgan fingerprint density at radius 3 is 2.62 bits per heavy atom. The number of fused-ring (bicyclic) bond motifs is 1. The van der Waals surface area contributed by atoms with Gasteiger partial charge in [0.1, 0.15) is 4.75 Å². The molecule has 0 aromatic heterocycles. The molecule has 0 aliphatic carbocycles. The quantitative estimate of drug-likeness (QED) is 0.635. The third kappa shape index (κ3) is 3.51. The van der Waals surface area contributed by atoms with Crippen molar-refractivity contribution in [2.75, 3.05) is 12.4 Å². The highest BCUT2D eigenvalue weighted by Gasteiger charge is 2.66. The minimum absolute atomic E-state index is 0.219. The minimum Gasteiger partial charge on any atom is -0.463 e. The maximum Gasteiger partial charge on any atom is 0.338 e. The number of aliphatic hydroxyl groups is 1. The fraction of sp³-hybridized carbons (Fsp3) is 0.346. The van der Waals surface area contributed by atoms with Crippen LogP contribution in [0.3, 0.4) is 0 Å². The average Bonchev–Trinajstić information content (AvgIpc) is 3.30. The summed E-state index contributed by atoms with van der Waals surface area (Å²) in [4.78, 5) is 33.7. The lowest BCUT2D eigenvalue weighted by atomic mass is 9.89. The summed E-state index contributed by atoms with van der Waals surface area (Å²) in [5.41, 5.74) is 3.73. The first kappa shape index (κ1) is 23.2. The summed E-state index contributed by atoms with van der Waals surface area (Å²) in [5.74, 6) is -0.247. The lowest BCUT2D eigenvalue weighted by molar-refractivity contribution is -0.140. The van der Waals surface area contributed by atoms with Crippen molar-refractivity contribution in [1.29, 1.82) is 0 Å². The first-order valence-corrected chi connectivity index (χ1v) is 13.2. The van der Waals surface area contributed by atoms with Crippen LogP contribution in [0.25, 0.3) is 0 Å². The molecule has 3 aliphatic rings. The summed E-state index contributed by atoms with van der Waals surface area (Å²) in [6, 6.07) is 17.0. The maximum absolute atomic E-state index is 14.3. The molecule has 4 atom stereocenters. The fourth-order valence-corrected chi connectivity index (χ4v) is 8.30. The standard InChI is InChI=1S/C26H26N2O4S2/c1-4-32-23(30)20-16(3)27-25-28(21(20)18-12-8-9-15(2)13-18)24(31)26(34-25)19(29)14-33-22(26)17-10-6-5-7-11-17/h5-13,19,21-22,29H,4,14H2,1-3H3. The normalized spacial score (nSPS) is 28.4. The molecule has 1 amide bonds. The lowest BCUT2D eigenvalue weighted by Gasteiger charge is -2.35. The highest BCUT2D eigenvalue weighted by atomic mass is 32.2. The molecule has 2 aromatic rings. The van der Waals surface area contributed by atoms with E-state index in [0.717, 1.165) is 16.7 Å². The molecule has 3 heterocycles. The number of thioether (sulfide) groups is 2. The Hall–Kier alpha value is -2.55. The number of ether oxygens (including phenoxy) is 1. The number of hydrogen-bond donors (Lipinski definition) is 1. The van der Waals surface area contributed by atoms with Gasteiger partial charge in [-0.1, -0.05) is 71.9 Å². The number of aryl methyl sites for hydroxylation is 1. The molecule has 0 bridgehead atoms. The molecule has 3 aliphatic heterocycles. The second kappa shape index (κ2) is 8.91. The van der Waals surface area contributed by atoms with Crippen molar-refractivity contribution in [2.24, 2.45) is 4.99 Å². The van der Waals surface area contributed by atoms with Crippen LogP contribution >= 0.6 is 23.5 Å². The molecule has 2 fully saturated rings. The molecule has 176 valence electrons. The molecule has 1 spiro atoms. The predicted molar refractivity (Wildman–Crippen MR) is 136 cm³/mol. The third-order valence-corrected chi connectivity index (χ3v) is 9.59. The van der Waals surface area contributed by atoms with Crippen molar-refractivity contribution in [3.8, 4) is 0 Å². The molecule has 0 radical (unpaired) electrons. The topological polar surface area (TPSA) is 79.2 Å². The number of esters is 1. The van der Waals surface area contributed by atoms with Crippen molar-refractivity contribution in [2.45, 2.75) is 42.9 Å². The third-order valence-electron chi connectivity index (χ3n) is 6.46. The summed E-state index contributed by atoms with van der Waals surface area (Å²) in [6.45, 7) is 5.75. The number of allylic oxidation sites excluding steroid dienone is 1. The Labute approximate surface area is 207 Å². The summed E-state index contributed by atoms with van der Waals surface area (Å²) in [7, 11) is 0. The molecular formula is C26H26N2O4S2. The largest absolute Gasteiger partial charge is 0.463 e. The second-order valence-electron chi connectivity index (χ2n) is 8.64. The predicted octanol–water partition coefficient (Wildman–Crippen LogP) is 4.41. The van der Waals surface area contributed by atoms with Crippen LogP contribution in [0.15, 0.2) is 70.9 Å². The van der Waals surface area contributed by atoms with Crippen molar-refractivity contribution in [1.82, 2.24) is 4.90 Å². The summed E-state index contributed by atoms with van der Waals surface area (Å²) < 4.78 is 4.27. The van der Waals surface area contributed by atoms with E-state index in [1.807, 2.05) is 61.5 Å². The molecular weight excluding hydrogens is 468 g/mol. The Morgan fingerprint density at radius 1 is 1.18 bits per heavy atom. The first-order valence-electron chi connectivity index (χ1n) is 11.3. The Kier molecular flexibility index (Phi) is 6.08. The van der Waals surface area contributed by atoms with E-state index in [4.69, 9.17) is 9.73 Å². The van der Waals surface area contributed by atoms with Gasteiger partial charge in [0.05, 0.1) is 35.3 Å². The summed E-state index contributed by atoms with van der Waals surface area (Å²) >= 11 is 2.91. The number of nitrogens with zero attached hydrogens (tertiary/aromatic N) is 2. The Balaban J connectivity index is 1.66. The van der Waals surface area contributed by atoms with Gasteiger partial charge in [0, 0.05) is 5.75 Å². The lowest BCUT2D eigenvalue weighted by Crippen LogP contribution is -2.50. The van der Waals surface area contributed by atoms with Crippen LogP contribution in [0.5, 0.6) is 0 Å². The zero-order valence-electron chi connectivity index (χ0n) is 19.2. The van der Waals surface area contributed by atoms with Gasteiger partial charge in [0.15, 0.2) is 5.17 Å². The number of hydrogen-bond acceptors (Lipinski definition) is 7. The van der Waals surface area contributed by atoms with E-state index in [1.54, 1.807) is 30.5 Å². The van der Waals surface area contributed by atoms with Crippen LogP contribution in [0, 0.1) is 6.92 Å². The van der Waals surface area contributed by atoms with Gasteiger partial charge < -0.3 is 9.84 Å². The number of rotatable bonds is 4. The van der Waals surface area contributed by atoms with Crippen molar-refractivity contribution in [3.63, 3.8) is 0 Å². The van der Waals surface area contributed by atoms with Gasteiger partial charge in [-0.3, -0.25) is 9.69 Å². The van der Waals surface area contributed by atoms with Gasteiger partial charge in [-0.25, -0.2) is 9.79 Å². The van der Waals surface area contributed by atoms with Crippen LogP contribution in [0.4, 0.5) is 0 Å². The Morgan fingerprint density at radius 2 is 1.91 bits per heavy atom. The number of carbonyl (C=O) groups is 2. The molecule has 0 saturated carbocycles. The number of carbonyl (C=O) groups excluding carboxylic acids is 2. The van der Waals surface area contributed by atoms with Crippen LogP contribution in [0.1, 0.15) is 41.8 Å². The second-order valence-corrected chi connectivity index (χ2v) is 11.0. The van der Waals surface area contributed by atoms with Crippen LogP contribution in [-0.4, -0.2) is 50.3 Å². The number of amidine groups is 1. The zero-order valence-corrected chi connectivity index (χ0v) is 20.9. The van der Waals surface area contributed by atoms with Gasteiger partial charge in [-0.2, -0.15) is 0 Å². The smallest absolute Gasteiger partial charge is 0.338 e. The van der Waals surface area contributed by atoms with Gasteiger partial charge in [0.2, 0.25) is 5.91 Å². The van der Waals surface area contributed by atoms with Crippen molar-refractivity contribution >= 4 is 40.6 Å². The van der Waals surface area contributed by atoms with Gasteiger partial charge in [-0.05, 0) is 31.9 Å². The number of aliphatic imine (C=N–C) groups is 1. The maximum atomic E-state index is 14.3. The Bertz CT molecular complexity index is 1210. The fourth-order valence-electron chi connectivity index (χ4n) is 4.94. The van der Waals surface area contributed by atoms with E-state index in [9.17, 15) is 14.7 Å². The highest BCUT2D eigenvalue weighted by molar-refractivity contribution is 8.17.